The van der Waals surface area contributed by atoms with E-state index >= 15 is 0 Å². The molecular formula is C12H16N4O2. The molecule has 1 aromatic heterocycles. The van der Waals surface area contributed by atoms with E-state index < -0.39 is 6.04 Å². The van der Waals surface area contributed by atoms with Crippen molar-refractivity contribution in [3.05, 3.63) is 24.3 Å². The molecule has 6 nitrogen and oxygen atoms in total. The maximum Gasteiger partial charge on any atom is 0.274 e. The van der Waals surface area contributed by atoms with Crippen molar-refractivity contribution in [3.63, 3.8) is 0 Å². The fraction of sp³-hybridized carbons (Fsp3) is 0.500. The zero-order chi connectivity index (χ0) is 13.0. The SMILES string of the molecule is CNC(=O)[C@@H]1CCCCN1C(=O)c1cnccn1. The van der Waals surface area contributed by atoms with E-state index in [-0.39, 0.29) is 17.5 Å². The van der Waals surface area contributed by atoms with E-state index in [0.717, 1.165) is 12.8 Å². The summed E-state index contributed by atoms with van der Waals surface area (Å²) in [6, 6.07) is -0.391. The lowest BCUT2D eigenvalue weighted by atomic mass is 10.0. The van der Waals surface area contributed by atoms with Crippen molar-refractivity contribution in [1.82, 2.24) is 20.2 Å². The van der Waals surface area contributed by atoms with Crippen LogP contribution in [-0.2, 0) is 4.79 Å². The van der Waals surface area contributed by atoms with Crippen molar-refractivity contribution in [2.75, 3.05) is 13.6 Å². The molecule has 18 heavy (non-hydrogen) atoms. The van der Waals surface area contributed by atoms with Gasteiger partial charge in [0, 0.05) is 26.0 Å². The predicted octanol–water partition coefficient (Wildman–Crippen LogP) is 0.217. The minimum Gasteiger partial charge on any atom is -0.357 e. The van der Waals surface area contributed by atoms with Gasteiger partial charge in [-0.2, -0.15) is 0 Å². The van der Waals surface area contributed by atoms with Gasteiger partial charge in [0.25, 0.3) is 5.91 Å². The van der Waals surface area contributed by atoms with Crippen molar-refractivity contribution in [2.45, 2.75) is 25.3 Å². The lowest BCUT2D eigenvalue weighted by molar-refractivity contribution is -0.126. The lowest BCUT2D eigenvalue weighted by Crippen LogP contribution is -2.51. The molecule has 0 aliphatic carbocycles. The van der Waals surface area contributed by atoms with Crippen molar-refractivity contribution in [1.29, 1.82) is 0 Å². The summed E-state index contributed by atoms with van der Waals surface area (Å²) < 4.78 is 0. The molecule has 1 N–H and O–H groups in total. The molecule has 0 saturated carbocycles. The fourth-order valence-corrected chi connectivity index (χ4v) is 2.17. The second-order valence-electron chi connectivity index (χ2n) is 4.22. The Morgan fingerprint density at radius 2 is 2.22 bits per heavy atom. The van der Waals surface area contributed by atoms with Crippen LogP contribution < -0.4 is 5.32 Å². The Morgan fingerprint density at radius 1 is 1.39 bits per heavy atom. The molecule has 1 aliphatic rings. The van der Waals surface area contributed by atoms with Gasteiger partial charge in [0.1, 0.15) is 11.7 Å². The Morgan fingerprint density at radius 3 is 2.89 bits per heavy atom. The largest absolute Gasteiger partial charge is 0.357 e. The minimum absolute atomic E-state index is 0.119. The second-order valence-corrected chi connectivity index (χ2v) is 4.22. The average Bonchev–Trinajstić information content (AvgIpc) is 2.46. The number of aromatic nitrogens is 2. The highest BCUT2D eigenvalue weighted by atomic mass is 16.2. The van der Waals surface area contributed by atoms with Crippen molar-refractivity contribution >= 4 is 11.8 Å². The van der Waals surface area contributed by atoms with E-state index in [9.17, 15) is 9.59 Å². The van der Waals surface area contributed by atoms with Gasteiger partial charge in [0.15, 0.2) is 0 Å². The molecule has 0 unspecified atom stereocenters. The molecule has 2 rings (SSSR count). The first kappa shape index (κ1) is 12.5. The summed E-state index contributed by atoms with van der Waals surface area (Å²) in [6.45, 7) is 0.591. The first-order valence-electron chi connectivity index (χ1n) is 6.02. The number of nitrogens with zero attached hydrogens (tertiary/aromatic N) is 3. The van der Waals surface area contributed by atoms with E-state index in [1.165, 1.54) is 18.6 Å². The molecule has 1 aromatic rings. The van der Waals surface area contributed by atoms with Crippen molar-refractivity contribution in [2.24, 2.45) is 0 Å². The minimum atomic E-state index is -0.391. The Bertz CT molecular complexity index is 435. The fourth-order valence-electron chi connectivity index (χ4n) is 2.17. The highest BCUT2D eigenvalue weighted by Gasteiger charge is 2.32. The molecule has 0 spiro atoms. The quantitative estimate of drug-likeness (QED) is 0.812. The number of hydrogen-bond acceptors (Lipinski definition) is 4. The predicted molar refractivity (Wildman–Crippen MR) is 64.8 cm³/mol. The Hall–Kier alpha value is -1.98. The Labute approximate surface area is 105 Å². The van der Waals surface area contributed by atoms with Gasteiger partial charge < -0.3 is 10.2 Å². The molecular weight excluding hydrogens is 232 g/mol. The normalized spacial score (nSPS) is 19.4. The number of hydrogen-bond donors (Lipinski definition) is 1. The van der Waals surface area contributed by atoms with Gasteiger partial charge in [-0.15, -0.1) is 0 Å². The molecule has 96 valence electrons. The maximum atomic E-state index is 12.3. The Kier molecular flexibility index (Phi) is 3.86. The van der Waals surface area contributed by atoms with Crippen LogP contribution in [-0.4, -0.2) is 46.3 Å². The summed E-state index contributed by atoms with van der Waals surface area (Å²) in [7, 11) is 1.59. The smallest absolute Gasteiger partial charge is 0.274 e. The summed E-state index contributed by atoms with van der Waals surface area (Å²) in [5.74, 6) is -0.344. The highest BCUT2D eigenvalue weighted by Crippen LogP contribution is 2.19. The van der Waals surface area contributed by atoms with Crippen LogP contribution in [0.5, 0.6) is 0 Å². The molecule has 0 radical (unpaired) electrons. The Balaban J connectivity index is 2.19. The zero-order valence-corrected chi connectivity index (χ0v) is 10.3. The number of nitrogens with one attached hydrogen (secondary N) is 1. The third-order valence-electron chi connectivity index (χ3n) is 3.10. The maximum absolute atomic E-state index is 12.3. The molecule has 2 heterocycles. The van der Waals surface area contributed by atoms with Crippen molar-refractivity contribution in [3.8, 4) is 0 Å². The van der Waals surface area contributed by atoms with Crippen LogP contribution in [0.25, 0.3) is 0 Å². The molecule has 1 aliphatic heterocycles. The van der Waals surface area contributed by atoms with Crippen LogP contribution in [0.15, 0.2) is 18.6 Å². The van der Waals surface area contributed by atoms with Gasteiger partial charge in [0.2, 0.25) is 5.91 Å². The van der Waals surface area contributed by atoms with Gasteiger partial charge in [-0.1, -0.05) is 0 Å². The molecule has 2 amide bonds. The van der Waals surface area contributed by atoms with E-state index in [1.54, 1.807) is 11.9 Å². The van der Waals surface area contributed by atoms with E-state index in [0.29, 0.717) is 13.0 Å². The molecule has 1 saturated heterocycles. The van der Waals surface area contributed by atoms with Gasteiger partial charge in [-0.05, 0) is 19.3 Å². The number of amides is 2. The number of carbonyl (C=O) groups is 2. The van der Waals surface area contributed by atoms with Crippen LogP contribution in [0.2, 0.25) is 0 Å². The molecule has 0 aromatic carbocycles. The van der Waals surface area contributed by atoms with E-state index in [1.807, 2.05) is 0 Å². The monoisotopic (exact) mass is 248 g/mol. The zero-order valence-electron chi connectivity index (χ0n) is 10.3. The summed E-state index contributed by atoms with van der Waals surface area (Å²) in [5, 5.41) is 2.60. The second kappa shape index (κ2) is 5.57. The van der Waals surface area contributed by atoms with E-state index in [2.05, 4.69) is 15.3 Å². The average molecular weight is 248 g/mol. The lowest BCUT2D eigenvalue weighted by Gasteiger charge is -2.34. The molecule has 6 heteroatoms. The molecule has 1 atom stereocenters. The number of carbonyl (C=O) groups excluding carboxylic acids is 2. The first-order chi connectivity index (χ1) is 8.74. The van der Waals surface area contributed by atoms with Crippen LogP contribution in [0.1, 0.15) is 29.8 Å². The topological polar surface area (TPSA) is 75.2 Å². The van der Waals surface area contributed by atoms with Crippen LogP contribution >= 0.6 is 0 Å². The number of piperidine rings is 1. The number of likely N-dealkylation sites (tertiary alicyclic amines) is 1. The number of likely N-dealkylation sites (N-methyl/N-ethyl adjacent to an activating group) is 1. The van der Waals surface area contributed by atoms with Gasteiger partial charge in [-0.25, -0.2) is 4.98 Å². The standard InChI is InChI=1S/C12H16N4O2/c1-13-11(17)10-4-2-3-7-16(10)12(18)9-8-14-5-6-15-9/h5-6,8,10H,2-4,7H2,1H3,(H,13,17)/t10-/m0/s1. The van der Waals surface area contributed by atoms with Crippen LogP contribution in [0, 0.1) is 0 Å². The van der Waals surface area contributed by atoms with Gasteiger partial charge in [0.05, 0.1) is 6.20 Å². The van der Waals surface area contributed by atoms with Gasteiger partial charge >= 0.3 is 0 Å². The molecule has 0 bridgehead atoms. The van der Waals surface area contributed by atoms with Gasteiger partial charge in [-0.3, -0.25) is 14.6 Å². The highest BCUT2D eigenvalue weighted by molar-refractivity contribution is 5.96. The first-order valence-corrected chi connectivity index (χ1v) is 6.02. The summed E-state index contributed by atoms with van der Waals surface area (Å²) in [4.78, 5) is 33.5. The van der Waals surface area contributed by atoms with Crippen LogP contribution in [0.4, 0.5) is 0 Å². The number of rotatable bonds is 2. The third-order valence-corrected chi connectivity index (χ3v) is 3.10. The van der Waals surface area contributed by atoms with Crippen LogP contribution in [0.3, 0.4) is 0 Å². The van der Waals surface area contributed by atoms with E-state index in [4.69, 9.17) is 0 Å². The summed E-state index contributed by atoms with van der Waals surface area (Å²) in [6.07, 6.45) is 7.00. The summed E-state index contributed by atoms with van der Waals surface area (Å²) in [5.41, 5.74) is 0.285. The summed E-state index contributed by atoms with van der Waals surface area (Å²) >= 11 is 0. The molecule has 1 fully saturated rings. The third kappa shape index (κ3) is 2.47. The van der Waals surface area contributed by atoms with Crippen molar-refractivity contribution < 1.29 is 9.59 Å².